The molecule has 0 saturated heterocycles. The third-order valence-corrected chi connectivity index (χ3v) is 1.08. The van der Waals surface area contributed by atoms with Crippen molar-refractivity contribution in [3.63, 3.8) is 0 Å². The van der Waals surface area contributed by atoms with Gasteiger partial charge in [-0.05, 0) is 6.07 Å². The second-order valence-corrected chi connectivity index (χ2v) is 2.89. The molecule has 18 heavy (non-hydrogen) atoms. The fraction of sp³-hybridized carbons (Fsp3) is 0.200. The standard InChI is InChI=1S/C6H6N2O2.2C2H4O2/c7-5-2-1-3-6(4-5)8(9)10;2*1-2(3)4/h1-4H,7H2;2*1H3,(H,3,4). The molecule has 0 unspecified atom stereocenters. The van der Waals surface area contributed by atoms with Crippen LogP contribution in [0, 0.1) is 10.1 Å². The average Bonchev–Trinajstić information content (AvgIpc) is 2.15. The van der Waals surface area contributed by atoms with Gasteiger partial charge in [-0.1, -0.05) is 6.07 Å². The van der Waals surface area contributed by atoms with Crippen LogP contribution in [-0.4, -0.2) is 27.1 Å². The lowest BCUT2D eigenvalue weighted by Gasteiger charge is -1.90. The van der Waals surface area contributed by atoms with Gasteiger partial charge in [0, 0.05) is 31.7 Å². The first-order chi connectivity index (χ1) is 8.16. The maximum Gasteiger partial charge on any atom is 0.300 e. The van der Waals surface area contributed by atoms with Crippen molar-refractivity contribution in [2.45, 2.75) is 13.8 Å². The Morgan fingerprint density at radius 3 is 1.83 bits per heavy atom. The number of aliphatic carboxylic acids is 2. The molecule has 4 N–H and O–H groups in total. The Kier molecular flexibility index (Phi) is 9.44. The number of non-ortho nitro benzene ring substituents is 1. The van der Waals surface area contributed by atoms with E-state index < -0.39 is 16.9 Å². The number of benzene rings is 1. The van der Waals surface area contributed by atoms with Gasteiger partial charge in [0.25, 0.3) is 17.6 Å². The number of anilines is 1. The van der Waals surface area contributed by atoms with E-state index in [9.17, 15) is 10.1 Å². The Bertz CT molecular complexity index is 399. The number of carboxylic acids is 2. The number of carbonyl (C=O) groups is 2. The van der Waals surface area contributed by atoms with Crippen LogP contribution in [0.2, 0.25) is 0 Å². The van der Waals surface area contributed by atoms with Gasteiger partial charge in [-0.25, -0.2) is 0 Å². The molecule has 0 radical (unpaired) electrons. The topological polar surface area (TPSA) is 144 Å². The number of nitro benzene ring substituents is 1. The average molecular weight is 258 g/mol. The summed E-state index contributed by atoms with van der Waals surface area (Å²) < 4.78 is 0. The van der Waals surface area contributed by atoms with Crippen LogP contribution in [0.25, 0.3) is 0 Å². The molecule has 0 spiro atoms. The summed E-state index contributed by atoms with van der Waals surface area (Å²) >= 11 is 0. The van der Waals surface area contributed by atoms with Gasteiger partial charge in [-0.3, -0.25) is 19.7 Å². The fourth-order valence-electron chi connectivity index (χ4n) is 0.638. The van der Waals surface area contributed by atoms with E-state index in [1.807, 2.05) is 0 Å². The zero-order chi connectivity index (χ0) is 14.7. The van der Waals surface area contributed by atoms with Crippen LogP contribution >= 0.6 is 0 Å². The summed E-state index contributed by atoms with van der Waals surface area (Å²) in [4.78, 5) is 27.6. The number of nitro groups is 1. The van der Waals surface area contributed by atoms with Crippen LogP contribution in [0.15, 0.2) is 24.3 Å². The van der Waals surface area contributed by atoms with Crippen molar-refractivity contribution >= 4 is 23.3 Å². The number of carboxylic acid groups (broad SMARTS) is 2. The van der Waals surface area contributed by atoms with Crippen molar-refractivity contribution < 1.29 is 24.7 Å². The van der Waals surface area contributed by atoms with Gasteiger partial charge < -0.3 is 15.9 Å². The van der Waals surface area contributed by atoms with Crippen molar-refractivity contribution in [1.29, 1.82) is 0 Å². The highest BCUT2D eigenvalue weighted by molar-refractivity contribution is 5.63. The second-order valence-electron chi connectivity index (χ2n) is 2.89. The molecule has 8 heteroatoms. The van der Waals surface area contributed by atoms with Crippen molar-refractivity contribution in [3.05, 3.63) is 34.4 Å². The number of hydrogen-bond acceptors (Lipinski definition) is 5. The molecule has 0 aliphatic heterocycles. The molecule has 1 aromatic rings. The molecule has 1 rings (SSSR count). The van der Waals surface area contributed by atoms with E-state index in [0.29, 0.717) is 5.69 Å². The predicted octanol–water partition coefficient (Wildman–Crippen LogP) is 1.36. The smallest absolute Gasteiger partial charge is 0.300 e. The molecular weight excluding hydrogens is 244 g/mol. The van der Waals surface area contributed by atoms with Gasteiger partial charge in [0.2, 0.25) is 0 Å². The lowest BCUT2D eigenvalue weighted by atomic mass is 10.3. The lowest BCUT2D eigenvalue weighted by molar-refractivity contribution is -0.384. The summed E-state index contributed by atoms with van der Waals surface area (Å²) in [7, 11) is 0. The van der Waals surface area contributed by atoms with Crippen LogP contribution in [0.3, 0.4) is 0 Å². The number of hydrogen-bond donors (Lipinski definition) is 3. The molecule has 0 aromatic heterocycles. The molecule has 0 heterocycles. The molecule has 0 bridgehead atoms. The lowest BCUT2D eigenvalue weighted by Crippen LogP contribution is -1.89. The van der Waals surface area contributed by atoms with Crippen LogP contribution in [0.4, 0.5) is 11.4 Å². The van der Waals surface area contributed by atoms with E-state index in [4.69, 9.17) is 25.5 Å². The van der Waals surface area contributed by atoms with Crippen molar-refractivity contribution in [2.24, 2.45) is 0 Å². The fourth-order valence-corrected chi connectivity index (χ4v) is 0.638. The summed E-state index contributed by atoms with van der Waals surface area (Å²) in [6.45, 7) is 2.17. The maximum absolute atomic E-state index is 10.1. The van der Waals surface area contributed by atoms with Crippen molar-refractivity contribution in [1.82, 2.24) is 0 Å². The first kappa shape index (κ1) is 17.7. The third-order valence-electron chi connectivity index (χ3n) is 1.08. The molecule has 1 aromatic carbocycles. The van der Waals surface area contributed by atoms with Gasteiger partial charge in [-0.15, -0.1) is 0 Å². The SMILES string of the molecule is CC(=O)O.CC(=O)O.Nc1cccc([N+](=O)[O-])c1. The van der Waals surface area contributed by atoms with E-state index in [-0.39, 0.29) is 5.69 Å². The van der Waals surface area contributed by atoms with Crippen LogP contribution in [-0.2, 0) is 9.59 Å². The summed E-state index contributed by atoms with van der Waals surface area (Å²) in [6, 6.07) is 5.87. The van der Waals surface area contributed by atoms with E-state index in [2.05, 4.69) is 0 Å². The van der Waals surface area contributed by atoms with E-state index in [1.54, 1.807) is 12.1 Å². The van der Waals surface area contributed by atoms with Gasteiger partial charge in [0.1, 0.15) is 0 Å². The zero-order valence-electron chi connectivity index (χ0n) is 9.86. The minimum Gasteiger partial charge on any atom is -0.481 e. The number of nitrogen functional groups attached to an aromatic ring is 1. The number of nitrogens with zero attached hydrogens (tertiary/aromatic N) is 1. The van der Waals surface area contributed by atoms with E-state index in [1.165, 1.54) is 12.1 Å². The largest absolute Gasteiger partial charge is 0.481 e. The van der Waals surface area contributed by atoms with Crippen LogP contribution in [0.5, 0.6) is 0 Å². The monoisotopic (exact) mass is 258 g/mol. The Balaban J connectivity index is 0. The molecule has 0 aliphatic rings. The molecule has 8 nitrogen and oxygen atoms in total. The Morgan fingerprint density at radius 1 is 1.22 bits per heavy atom. The Labute approximate surface area is 103 Å². The van der Waals surface area contributed by atoms with E-state index >= 15 is 0 Å². The summed E-state index contributed by atoms with van der Waals surface area (Å²) in [5.41, 5.74) is 5.73. The molecule has 0 aliphatic carbocycles. The Hall–Kier alpha value is -2.64. The first-order valence-corrected chi connectivity index (χ1v) is 4.55. The molecule has 0 saturated carbocycles. The quantitative estimate of drug-likeness (QED) is 0.391. The van der Waals surface area contributed by atoms with Gasteiger partial charge >= 0.3 is 0 Å². The minimum absolute atomic E-state index is 0.0278. The minimum atomic E-state index is -0.833. The van der Waals surface area contributed by atoms with Gasteiger partial charge in [0.05, 0.1) is 4.92 Å². The van der Waals surface area contributed by atoms with Crippen molar-refractivity contribution in [2.75, 3.05) is 5.73 Å². The summed E-state index contributed by atoms with van der Waals surface area (Å²) in [5.74, 6) is -1.67. The molecule has 0 amide bonds. The van der Waals surface area contributed by atoms with Crippen LogP contribution < -0.4 is 5.73 Å². The molecular formula is C10H14N2O6. The zero-order valence-corrected chi connectivity index (χ0v) is 9.86. The third kappa shape index (κ3) is 15.8. The first-order valence-electron chi connectivity index (χ1n) is 4.55. The van der Waals surface area contributed by atoms with Gasteiger partial charge in [0.15, 0.2) is 0 Å². The molecule has 0 fully saturated rings. The highest BCUT2D eigenvalue weighted by Gasteiger charge is 2.02. The van der Waals surface area contributed by atoms with Crippen LogP contribution in [0.1, 0.15) is 13.8 Å². The number of nitrogens with two attached hydrogens (primary N) is 1. The van der Waals surface area contributed by atoms with Gasteiger partial charge in [-0.2, -0.15) is 0 Å². The summed E-state index contributed by atoms with van der Waals surface area (Å²) in [6.07, 6.45) is 0. The Morgan fingerprint density at radius 2 is 1.61 bits per heavy atom. The molecule has 100 valence electrons. The number of rotatable bonds is 1. The van der Waals surface area contributed by atoms with E-state index in [0.717, 1.165) is 13.8 Å². The highest BCUT2D eigenvalue weighted by atomic mass is 16.6. The molecule has 0 atom stereocenters. The van der Waals surface area contributed by atoms with Crippen molar-refractivity contribution in [3.8, 4) is 0 Å². The summed E-state index contributed by atoms with van der Waals surface area (Å²) in [5, 5.41) is 24.9. The predicted molar refractivity (Wildman–Crippen MR) is 64.1 cm³/mol. The second kappa shape index (κ2) is 9.58. The normalized spacial score (nSPS) is 7.89. The maximum atomic E-state index is 10.1. The highest BCUT2D eigenvalue weighted by Crippen LogP contribution is 2.13.